The van der Waals surface area contributed by atoms with Crippen LogP contribution in [0.2, 0.25) is 0 Å². The van der Waals surface area contributed by atoms with Gasteiger partial charge in [0.2, 0.25) is 0 Å². The minimum atomic E-state index is -3.51. The molecule has 3 rings (SSSR count). The van der Waals surface area contributed by atoms with Crippen LogP contribution in [0, 0.1) is 12.8 Å². The summed E-state index contributed by atoms with van der Waals surface area (Å²) in [5.41, 5.74) is 1.22. The van der Waals surface area contributed by atoms with E-state index in [9.17, 15) is 8.42 Å². The molecule has 0 N–H and O–H groups in total. The molecule has 0 aliphatic heterocycles. The summed E-state index contributed by atoms with van der Waals surface area (Å²) in [6, 6.07) is 0. The minimum Gasteiger partial charge on any atom is -0.264 e. The van der Waals surface area contributed by atoms with Gasteiger partial charge in [0.1, 0.15) is 22.8 Å². The van der Waals surface area contributed by atoms with Gasteiger partial charge in [-0.3, -0.25) is 4.18 Å². The van der Waals surface area contributed by atoms with Crippen LogP contribution in [0.25, 0.3) is 10.3 Å². The predicted molar refractivity (Wildman–Crippen MR) is 90.0 cm³/mol. The summed E-state index contributed by atoms with van der Waals surface area (Å²) in [5.74, 6) is 1.88. The maximum absolute atomic E-state index is 11.2. The van der Waals surface area contributed by atoms with Crippen LogP contribution in [0.3, 0.4) is 0 Å². The number of hydrogen-bond donors (Lipinski definition) is 0. The van der Waals surface area contributed by atoms with E-state index < -0.39 is 10.1 Å². The first-order valence-corrected chi connectivity index (χ1v) is 10.4. The molecular weight excluding hydrogens is 334 g/mol. The van der Waals surface area contributed by atoms with Gasteiger partial charge in [-0.25, -0.2) is 15.0 Å². The number of thiazole rings is 1. The minimum absolute atomic E-state index is 0.0937. The van der Waals surface area contributed by atoms with E-state index in [0.29, 0.717) is 23.0 Å². The summed E-state index contributed by atoms with van der Waals surface area (Å²) < 4.78 is 27.3. The zero-order valence-corrected chi connectivity index (χ0v) is 15.2. The number of aryl methyl sites for hydroxylation is 1. The van der Waals surface area contributed by atoms with Gasteiger partial charge < -0.3 is 0 Å². The molecule has 6 nitrogen and oxygen atoms in total. The van der Waals surface area contributed by atoms with Gasteiger partial charge >= 0.3 is 0 Å². The standard InChI is InChI=1S/C15H21N3O3S2/c1-9-4-6-11(7-5-9)14-18-13-12(8-21-23(3,19)20)16-10(2)17-15(13)22-14/h9,11H,4-8H2,1-3H3. The average molecular weight is 355 g/mol. The SMILES string of the molecule is Cc1nc(COS(C)(=O)=O)c2nc(C3CCC(C)CC3)sc2n1. The lowest BCUT2D eigenvalue weighted by Crippen LogP contribution is -2.10. The maximum atomic E-state index is 11.2. The van der Waals surface area contributed by atoms with Crippen molar-refractivity contribution in [1.82, 2.24) is 15.0 Å². The normalized spacial score (nSPS) is 22.6. The van der Waals surface area contributed by atoms with E-state index >= 15 is 0 Å². The van der Waals surface area contributed by atoms with Gasteiger partial charge in [-0.05, 0) is 25.7 Å². The molecule has 1 saturated carbocycles. The molecule has 0 saturated heterocycles. The van der Waals surface area contributed by atoms with Crippen LogP contribution in [0.1, 0.15) is 55.1 Å². The van der Waals surface area contributed by atoms with Gasteiger partial charge in [0.25, 0.3) is 10.1 Å². The second kappa shape index (κ2) is 6.41. The van der Waals surface area contributed by atoms with E-state index in [1.165, 1.54) is 12.8 Å². The fourth-order valence-corrected chi connectivity index (χ4v) is 4.46. The Kier molecular flexibility index (Phi) is 4.66. The Labute approximate surface area is 140 Å². The number of hydrogen-bond acceptors (Lipinski definition) is 7. The summed E-state index contributed by atoms with van der Waals surface area (Å²) in [6.45, 7) is 4.00. The lowest BCUT2D eigenvalue weighted by Gasteiger charge is -2.24. The molecule has 0 amide bonds. The Balaban J connectivity index is 1.92. The lowest BCUT2D eigenvalue weighted by molar-refractivity contribution is 0.308. The van der Waals surface area contributed by atoms with Crippen molar-refractivity contribution in [1.29, 1.82) is 0 Å². The number of rotatable bonds is 4. The van der Waals surface area contributed by atoms with E-state index in [1.807, 2.05) is 0 Å². The number of fused-ring (bicyclic) bond motifs is 1. The number of aromatic nitrogens is 3. The van der Waals surface area contributed by atoms with Crippen LogP contribution in [-0.4, -0.2) is 29.6 Å². The first-order chi connectivity index (χ1) is 10.8. The quantitative estimate of drug-likeness (QED) is 0.784. The van der Waals surface area contributed by atoms with E-state index in [2.05, 4.69) is 16.9 Å². The van der Waals surface area contributed by atoms with E-state index in [1.54, 1.807) is 18.3 Å². The summed E-state index contributed by atoms with van der Waals surface area (Å²) in [4.78, 5) is 14.3. The molecule has 1 aliphatic rings. The summed E-state index contributed by atoms with van der Waals surface area (Å²) >= 11 is 1.60. The van der Waals surface area contributed by atoms with Crippen molar-refractivity contribution >= 4 is 31.8 Å². The van der Waals surface area contributed by atoms with Crippen molar-refractivity contribution in [2.75, 3.05) is 6.26 Å². The smallest absolute Gasteiger partial charge is 0.264 e. The Morgan fingerprint density at radius 1 is 1.17 bits per heavy atom. The van der Waals surface area contributed by atoms with E-state index in [4.69, 9.17) is 9.17 Å². The van der Waals surface area contributed by atoms with Crippen LogP contribution in [-0.2, 0) is 20.9 Å². The van der Waals surface area contributed by atoms with Crippen molar-refractivity contribution in [3.05, 3.63) is 16.5 Å². The third-order valence-corrected chi connectivity index (χ3v) is 5.89. The summed E-state index contributed by atoms with van der Waals surface area (Å²) in [6.07, 6.45) is 5.81. The molecule has 8 heteroatoms. The molecule has 0 radical (unpaired) electrons. The highest BCUT2D eigenvalue weighted by atomic mass is 32.2. The Bertz CT molecular complexity index is 809. The molecule has 0 unspecified atom stereocenters. The van der Waals surface area contributed by atoms with Crippen molar-refractivity contribution in [3.8, 4) is 0 Å². The molecule has 126 valence electrons. The largest absolute Gasteiger partial charge is 0.264 e. The molecule has 2 heterocycles. The number of nitrogens with zero attached hydrogens (tertiary/aromatic N) is 3. The highest BCUT2D eigenvalue weighted by Gasteiger charge is 2.24. The van der Waals surface area contributed by atoms with Crippen molar-refractivity contribution in [2.45, 2.75) is 52.1 Å². The molecule has 0 bridgehead atoms. The van der Waals surface area contributed by atoms with Crippen LogP contribution < -0.4 is 0 Å². The topological polar surface area (TPSA) is 82.0 Å². The summed E-state index contributed by atoms with van der Waals surface area (Å²) in [7, 11) is -3.51. The van der Waals surface area contributed by atoms with Gasteiger partial charge in [-0.1, -0.05) is 31.1 Å². The zero-order valence-electron chi connectivity index (χ0n) is 13.6. The third kappa shape index (κ3) is 4.05. The highest BCUT2D eigenvalue weighted by molar-refractivity contribution is 7.85. The highest BCUT2D eigenvalue weighted by Crippen LogP contribution is 2.38. The van der Waals surface area contributed by atoms with Gasteiger partial charge in [-0.15, -0.1) is 0 Å². The van der Waals surface area contributed by atoms with Crippen molar-refractivity contribution in [3.63, 3.8) is 0 Å². The maximum Gasteiger partial charge on any atom is 0.264 e. The Morgan fingerprint density at radius 2 is 1.87 bits per heavy atom. The van der Waals surface area contributed by atoms with Crippen LogP contribution >= 0.6 is 11.3 Å². The van der Waals surface area contributed by atoms with Crippen molar-refractivity contribution < 1.29 is 12.6 Å². The molecule has 2 aromatic heterocycles. The second-order valence-electron chi connectivity index (χ2n) is 6.35. The Hall–Kier alpha value is -1.12. The molecule has 1 aliphatic carbocycles. The average Bonchev–Trinajstić information content (AvgIpc) is 2.88. The van der Waals surface area contributed by atoms with Crippen LogP contribution in [0.4, 0.5) is 0 Å². The Morgan fingerprint density at radius 3 is 2.52 bits per heavy atom. The molecule has 0 spiro atoms. The van der Waals surface area contributed by atoms with Gasteiger partial charge in [0.05, 0.1) is 17.0 Å². The molecule has 1 fully saturated rings. The predicted octanol–water partition coefficient (Wildman–Crippen LogP) is 3.16. The molecular formula is C15H21N3O3S2. The van der Waals surface area contributed by atoms with E-state index in [-0.39, 0.29) is 6.61 Å². The van der Waals surface area contributed by atoms with Crippen LogP contribution in [0.5, 0.6) is 0 Å². The fraction of sp³-hybridized carbons (Fsp3) is 0.667. The van der Waals surface area contributed by atoms with Crippen molar-refractivity contribution in [2.24, 2.45) is 5.92 Å². The van der Waals surface area contributed by atoms with E-state index in [0.717, 1.165) is 34.9 Å². The molecule has 0 aromatic carbocycles. The molecule has 2 aromatic rings. The zero-order chi connectivity index (χ0) is 16.6. The fourth-order valence-electron chi connectivity index (χ4n) is 2.96. The lowest BCUT2D eigenvalue weighted by atomic mass is 9.83. The first kappa shape index (κ1) is 16.7. The third-order valence-electron chi connectivity index (χ3n) is 4.23. The molecule has 23 heavy (non-hydrogen) atoms. The first-order valence-electron chi connectivity index (χ1n) is 7.80. The summed E-state index contributed by atoms with van der Waals surface area (Å²) in [5, 5.41) is 1.09. The van der Waals surface area contributed by atoms with Gasteiger partial charge in [-0.2, -0.15) is 8.42 Å². The second-order valence-corrected chi connectivity index (χ2v) is 9.00. The van der Waals surface area contributed by atoms with Gasteiger partial charge in [0, 0.05) is 5.92 Å². The van der Waals surface area contributed by atoms with Crippen LogP contribution in [0.15, 0.2) is 0 Å². The molecule has 0 atom stereocenters. The van der Waals surface area contributed by atoms with Gasteiger partial charge in [0.15, 0.2) is 0 Å². The monoisotopic (exact) mass is 355 g/mol.